The predicted octanol–water partition coefficient (Wildman–Crippen LogP) is 0.536. The monoisotopic (exact) mass is 191 g/mol. The molecule has 0 saturated carbocycles. The van der Waals surface area contributed by atoms with Crippen molar-refractivity contribution in [3.05, 3.63) is 24.4 Å². The molecule has 1 unspecified atom stereocenters. The van der Waals surface area contributed by atoms with Gasteiger partial charge in [-0.1, -0.05) is 6.07 Å². The molecule has 4 nitrogen and oxygen atoms in total. The number of primary amides is 1. The molecule has 2 rings (SSSR count). The molecule has 1 fully saturated rings. The van der Waals surface area contributed by atoms with Crippen molar-refractivity contribution in [2.75, 3.05) is 11.4 Å². The number of anilines is 1. The number of hydrogen-bond donors (Lipinski definition) is 1. The SMILES string of the molecule is NC(=O)C1CCCN1c1ccccn1. The molecule has 1 aromatic heterocycles. The Hall–Kier alpha value is -1.58. The number of amides is 1. The quantitative estimate of drug-likeness (QED) is 0.742. The van der Waals surface area contributed by atoms with E-state index in [4.69, 9.17) is 5.73 Å². The Morgan fingerprint density at radius 3 is 3.07 bits per heavy atom. The van der Waals surface area contributed by atoms with Gasteiger partial charge in [0.2, 0.25) is 5.91 Å². The molecule has 0 aliphatic carbocycles. The smallest absolute Gasteiger partial charge is 0.240 e. The number of pyridine rings is 1. The zero-order chi connectivity index (χ0) is 9.97. The molecule has 1 aromatic rings. The van der Waals surface area contributed by atoms with Gasteiger partial charge in [-0.15, -0.1) is 0 Å². The molecule has 0 bridgehead atoms. The topological polar surface area (TPSA) is 59.2 Å². The maximum Gasteiger partial charge on any atom is 0.240 e. The number of carbonyl (C=O) groups is 1. The van der Waals surface area contributed by atoms with Crippen LogP contribution in [0.3, 0.4) is 0 Å². The first-order valence-corrected chi connectivity index (χ1v) is 4.76. The summed E-state index contributed by atoms with van der Waals surface area (Å²) in [6.45, 7) is 0.866. The molecule has 1 atom stereocenters. The Kier molecular flexibility index (Phi) is 2.35. The van der Waals surface area contributed by atoms with Crippen molar-refractivity contribution in [2.24, 2.45) is 5.73 Å². The van der Waals surface area contributed by atoms with Crippen LogP contribution in [0, 0.1) is 0 Å². The maximum absolute atomic E-state index is 11.1. The van der Waals surface area contributed by atoms with E-state index >= 15 is 0 Å². The lowest BCUT2D eigenvalue weighted by Crippen LogP contribution is -2.40. The van der Waals surface area contributed by atoms with Crippen LogP contribution in [0.25, 0.3) is 0 Å². The van der Waals surface area contributed by atoms with Crippen LogP contribution in [0.2, 0.25) is 0 Å². The van der Waals surface area contributed by atoms with E-state index in [2.05, 4.69) is 4.98 Å². The van der Waals surface area contributed by atoms with Crippen LogP contribution in [-0.4, -0.2) is 23.5 Å². The van der Waals surface area contributed by atoms with Crippen molar-refractivity contribution in [1.82, 2.24) is 4.98 Å². The summed E-state index contributed by atoms with van der Waals surface area (Å²) in [6.07, 6.45) is 3.57. The highest BCUT2D eigenvalue weighted by Crippen LogP contribution is 2.22. The van der Waals surface area contributed by atoms with E-state index in [0.29, 0.717) is 0 Å². The van der Waals surface area contributed by atoms with Gasteiger partial charge < -0.3 is 10.6 Å². The van der Waals surface area contributed by atoms with E-state index in [9.17, 15) is 4.79 Å². The molecule has 1 amide bonds. The molecule has 1 saturated heterocycles. The van der Waals surface area contributed by atoms with Crippen LogP contribution in [0.1, 0.15) is 12.8 Å². The lowest BCUT2D eigenvalue weighted by Gasteiger charge is -2.22. The van der Waals surface area contributed by atoms with E-state index in [1.54, 1.807) is 6.20 Å². The fourth-order valence-corrected chi connectivity index (χ4v) is 1.86. The summed E-state index contributed by atoms with van der Waals surface area (Å²) >= 11 is 0. The van der Waals surface area contributed by atoms with Gasteiger partial charge in [0.05, 0.1) is 0 Å². The van der Waals surface area contributed by atoms with Crippen molar-refractivity contribution in [1.29, 1.82) is 0 Å². The molecule has 0 spiro atoms. The first-order valence-electron chi connectivity index (χ1n) is 4.76. The van der Waals surface area contributed by atoms with E-state index in [-0.39, 0.29) is 11.9 Å². The molecule has 0 aromatic carbocycles. The Labute approximate surface area is 82.7 Å². The Morgan fingerprint density at radius 1 is 1.57 bits per heavy atom. The number of carbonyl (C=O) groups excluding carboxylic acids is 1. The number of nitrogens with zero attached hydrogens (tertiary/aromatic N) is 2. The van der Waals surface area contributed by atoms with Gasteiger partial charge in [0, 0.05) is 12.7 Å². The average molecular weight is 191 g/mol. The molecule has 74 valence electrons. The fourth-order valence-electron chi connectivity index (χ4n) is 1.86. The van der Waals surface area contributed by atoms with E-state index in [1.807, 2.05) is 23.1 Å². The van der Waals surface area contributed by atoms with Crippen LogP contribution in [0.5, 0.6) is 0 Å². The van der Waals surface area contributed by atoms with Crippen LogP contribution in [-0.2, 0) is 4.79 Å². The molecule has 1 aliphatic heterocycles. The average Bonchev–Trinajstić information content (AvgIpc) is 2.67. The van der Waals surface area contributed by atoms with Gasteiger partial charge in [0.15, 0.2) is 0 Å². The highest BCUT2D eigenvalue weighted by Gasteiger charge is 2.29. The predicted molar refractivity (Wildman–Crippen MR) is 53.8 cm³/mol. The van der Waals surface area contributed by atoms with E-state index in [1.165, 1.54) is 0 Å². The van der Waals surface area contributed by atoms with Crippen LogP contribution < -0.4 is 10.6 Å². The van der Waals surface area contributed by atoms with Crippen LogP contribution in [0.4, 0.5) is 5.82 Å². The molecule has 2 N–H and O–H groups in total. The van der Waals surface area contributed by atoms with Crippen LogP contribution >= 0.6 is 0 Å². The number of hydrogen-bond acceptors (Lipinski definition) is 3. The molecule has 14 heavy (non-hydrogen) atoms. The van der Waals surface area contributed by atoms with Crippen molar-refractivity contribution >= 4 is 11.7 Å². The first kappa shape index (κ1) is 8.99. The molecule has 4 heteroatoms. The standard InChI is InChI=1S/C10H13N3O/c11-10(14)8-4-3-7-13(8)9-5-1-2-6-12-9/h1-2,5-6,8H,3-4,7H2,(H2,11,14). The zero-order valence-electron chi connectivity index (χ0n) is 7.89. The Bertz CT molecular complexity index is 325. The van der Waals surface area contributed by atoms with Crippen molar-refractivity contribution < 1.29 is 4.79 Å². The Morgan fingerprint density at radius 2 is 2.43 bits per heavy atom. The summed E-state index contributed by atoms with van der Waals surface area (Å²) in [6, 6.07) is 5.50. The van der Waals surface area contributed by atoms with E-state index < -0.39 is 0 Å². The van der Waals surface area contributed by atoms with Crippen molar-refractivity contribution in [3.63, 3.8) is 0 Å². The van der Waals surface area contributed by atoms with Gasteiger partial charge in [-0.05, 0) is 25.0 Å². The summed E-state index contributed by atoms with van der Waals surface area (Å²) in [5, 5.41) is 0. The lowest BCUT2D eigenvalue weighted by molar-refractivity contribution is -0.119. The second-order valence-corrected chi connectivity index (χ2v) is 3.44. The minimum Gasteiger partial charge on any atom is -0.368 e. The molecule has 1 aliphatic rings. The summed E-state index contributed by atoms with van der Waals surface area (Å²) in [5.41, 5.74) is 5.32. The Balaban J connectivity index is 2.22. The normalized spacial score (nSPS) is 21.1. The van der Waals surface area contributed by atoms with Gasteiger partial charge in [-0.25, -0.2) is 4.98 Å². The van der Waals surface area contributed by atoms with E-state index in [0.717, 1.165) is 25.2 Å². The summed E-state index contributed by atoms with van der Waals surface area (Å²) in [7, 11) is 0. The highest BCUT2D eigenvalue weighted by molar-refractivity contribution is 5.83. The lowest BCUT2D eigenvalue weighted by atomic mass is 10.2. The third-order valence-corrected chi connectivity index (χ3v) is 2.52. The maximum atomic E-state index is 11.1. The fraction of sp³-hybridized carbons (Fsp3) is 0.400. The second-order valence-electron chi connectivity index (χ2n) is 3.44. The summed E-state index contributed by atoms with van der Waals surface area (Å²) in [4.78, 5) is 17.3. The zero-order valence-corrected chi connectivity index (χ0v) is 7.89. The second kappa shape index (κ2) is 3.65. The highest BCUT2D eigenvalue weighted by atomic mass is 16.1. The third-order valence-electron chi connectivity index (χ3n) is 2.52. The number of aromatic nitrogens is 1. The first-order chi connectivity index (χ1) is 6.79. The third kappa shape index (κ3) is 1.55. The van der Waals surface area contributed by atoms with Gasteiger partial charge in [0.25, 0.3) is 0 Å². The number of nitrogens with two attached hydrogens (primary N) is 1. The molecular weight excluding hydrogens is 178 g/mol. The molecular formula is C10H13N3O. The van der Waals surface area contributed by atoms with Gasteiger partial charge in [-0.3, -0.25) is 4.79 Å². The van der Waals surface area contributed by atoms with Crippen LogP contribution in [0.15, 0.2) is 24.4 Å². The van der Waals surface area contributed by atoms with Crippen molar-refractivity contribution in [2.45, 2.75) is 18.9 Å². The summed E-state index contributed by atoms with van der Waals surface area (Å²) < 4.78 is 0. The van der Waals surface area contributed by atoms with Gasteiger partial charge >= 0.3 is 0 Å². The summed E-state index contributed by atoms with van der Waals surface area (Å²) in [5.74, 6) is 0.585. The van der Waals surface area contributed by atoms with Gasteiger partial charge in [-0.2, -0.15) is 0 Å². The van der Waals surface area contributed by atoms with Crippen molar-refractivity contribution in [3.8, 4) is 0 Å². The molecule has 2 heterocycles. The minimum absolute atomic E-state index is 0.176. The minimum atomic E-state index is -0.256. The molecule has 0 radical (unpaired) electrons. The number of rotatable bonds is 2. The van der Waals surface area contributed by atoms with Gasteiger partial charge in [0.1, 0.15) is 11.9 Å². The largest absolute Gasteiger partial charge is 0.368 e.